The van der Waals surface area contributed by atoms with Gasteiger partial charge in [-0.1, -0.05) is 6.07 Å². The summed E-state index contributed by atoms with van der Waals surface area (Å²) < 4.78 is 14.1. The lowest BCUT2D eigenvalue weighted by molar-refractivity contribution is -0.116. The minimum absolute atomic E-state index is 0.0280. The van der Waals surface area contributed by atoms with Crippen LogP contribution in [0, 0.1) is 5.82 Å². The van der Waals surface area contributed by atoms with Crippen molar-refractivity contribution in [3.05, 3.63) is 77.1 Å². The van der Waals surface area contributed by atoms with Gasteiger partial charge < -0.3 is 10.4 Å². The van der Waals surface area contributed by atoms with E-state index in [0.717, 1.165) is 4.57 Å². The lowest BCUT2D eigenvalue weighted by atomic mass is 10.1. The summed E-state index contributed by atoms with van der Waals surface area (Å²) in [6.45, 7) is -0.217. The van der Waals surface area contributed by atoms with E-state index < -0.39 is 11.5 Å². The maximum atomic E-state index is 12.9. The fourth-order valence-corrected chi connectivity index (χ4v) is 2.26. The maximum Gasteiger partial charge on any atom is 0.254 e. The second kappa shape index (κ2) is 6.96. The summed E-state index contributed by atoms with van der Waals surface area (Å²) in [6.07, 6.45) is 1.27. The number of nitrogens with one attached hydrogen (secondary N) is 1. The molecule has 3 aromatic rings. The van der Waals surface area contributed by atoms with Crippen molar-refractivity contribution < 1.29 is 14.3 Å². The number of carbonyl (C=O) groups is 1. The highest BCUT2D eigenvalue weighted by atomic mass is 19.1. The second-order valence-corrected chi connectivity index (χ2v) is 5.35. The van der Waals surface area contributed by atoms with Gasteiger partial charge >= 0.3 is 0 Å². The number of rotatable bonds is 4. The zero-order chi connectivity index (χ0) is 17.8. The highest BCUT2D eigenvalue weighted by Gasteiger charge is 2.08. The van der Waals surface area contributed by atoms with Crippen molar-refractivity contribution in [3.8, 4) is 17.0 Å². The number of nitrogens with zero attached hydrogens (tertiary/aromatic N) is 2. The molecule has 0 spiro atoms. The minimum Gasteiger partial charge on any atom is -0.508 e. The Morgan fingerprint density at radius 3 is 2.60 bits per heavy atom. The van der Waals surface area contributed by atoms with Crippen molar-refractivity contribution in [3.63, 3.8) is 0 Å². The van der Waals surface area contributed by atoms with Crippen LogP contribution in [-0.2, 0) is 11.3 Å². The number of anilines is 1. The van der Waals surface area contributed by atoms with Gasteiger partial charge in [0, 0.05) is 23.4 Å². The minimum atomic E-state index is -0.427. The van der Waals surface area contributed by atoms with Crippen LogP contribution in [0.4, 0.5) is 10.1 Å². The molecule has 0 atom stereocenters. The van der Waals surface area contributed by atoms with Crippen LogP contribution >= 0.6 is 0 Å². The van der Waals surface area contributed by atoms with Gasteiger partial charge in [-0.25, -0.2) is 9.37 Å². The molecule has 0 aliphatic rings. The fourth-order valence-electron chi connectivity index (χ4n) is 2.26. The molecule has 0 fully saturated rings. The van der Waals surface area contributed by atoms with Crippen molar-refractivity contribution in [1.29, 1.82) is 0 Å². The fraction of sp³-hybridized carbons (Fsp3) is 0.0556. The number of phenols is 1. The molecule has 0 radical (unpaired) electrons. The molecule has 3 rings (SSSR count). The average Bonchev–Trinajstić information content (AvgIpc) is 2.57. The normalized spacial score (nSPS) is 10.4. The van der Waals surface area contributed by atoms with Gasteiger partial charge in [-0.15, -0.1) is 0 Å². The van der Waals surface area contributed by atoms with E-state index in [9.17, 15) is 19.1 Å². The lowest BCUT2D eigenvalue weighted by Gasteiger charge is -2.08. The van der Waals surface area contributed by atoms with Gasteiger partial charge in [0.2, 0.25) is 5.91 Å². The standard InChI is InChI=1S/C18H14FN3O3/c19-13-6-4-12(5-7-13)16-9-18(25)22(11-20-16)10-17(24)21-14-2-1-3-15(23)8-14/h1-9,11,23H,10H2,(H,21,24). The van der Waals surface area contributed by atoms with E-state index in [1.165, 1.54) is 48.8 Å². The molecule has 2 aromatic carbocycles. The first-order chi connectivity index (χ1) is 12.0. The number of aromatic nitrogens is 2. The smallest absolute Gasteiger partial charge is 0.254 e. The van der Waals surface area contributed by atoms with Gasteiger partial charge in [-0.3, -0.25) is 14.2 Å². The van der Waals surface area contributed by atoms with Gasteiger partial charge in [0.25, 0.3) is 5.56 Å². The molecule has 0 aliphatic heterocycles. The number of phenolic OH excluding ortho intramolecular Hbond substituents is 1. The largest absolute Gasteiger partial charge is 0.508 e. The molecule has 7 heteroatoms. The first-order valence-electron chi connectivity index (χ1n) is 7.42. The molecule has 1 amide bonds. The Labute approximate surface area is 142 Å². The van der Waals surface area contributed by atoms with Gasteiger partial charge in [-0.05, 0) is 36.4 Å². The molecular weight excluding hydrogens is 325 g/mol. The summed E-state index contributed by atoms with van der Waals surface area (Å²) in [6, 6.07) is 13.0. The Bertz CT molecular complexity index is 968. The van der Waals surface area contributed by atoms with Crippen molar-refractivity contribution in [1.82, 2.24) is 9.55 Å². The van der Waals surface area contributed by atoms with Crippen molar-refractivity contribution >= 4 is 11.6 Å². The molecule has 0 saturated heterocycles. The van der Waals surface area contributed by atoms with Crippen molar-refractivity contribution in [2.75, 3.05) is 5.32 Å². The second-order valence-electron chi connectivity index (χ2n) is 5.35. The van der Waals surface area contributed by atoms with E-state index in [-0.39, 0.29) is 18.1 Å². The Kier molecular flexibility index (Phi) is 4.56. The zero-order valence-corrected chi connectivity index (χ0v) is 13.0. The Morgan fingerprint density at radius 1 is 1.16 bits per heavy atom. The summed E-state index contributed by atoms with van der Waals surface area (Å²) in [4.78, 5) is 28.3. The van der Waals surface area contributed by atoms with E-state index in [2.05, 4.69) is 10.3 Å². The van der Waals surface area contributed by atoms with Crippen LogP contribution in [-0.4, -0.2) is 20.6 Å². The Morgan fingerprint density at radius 2 is 1.92 bits per heavy atom. The van der Waals surface area contributed by atoms with E-state index in [1.54, 1.807) is 12.1 Å². The van der Waals surface area contributed by atoms with Crippen LogP contribution in [0.25, 0.3) is 11.3 Å². The predicted molar refractivity (Wildman–Crippen MR) is 90.6 cm³/mol. The van der Waals surface area contributed by atoms with Crippen LogP contribution in [0.3, 0.4) is 0 Å². The highest BCUT2D eigenvalue weighted by Crippen LogP contribution is 2.16. The lowest BCUT2D eigenvalue weighted by Crippen LogP contribution is -2.27. The van der Waals surface area contributed by atoms with Gasteiger partial charge in [-0.2, -0.15) is 0 Å². The SMILES string of the molecule is O=C(Cn1cnc(-c2ccc(F)cc2)cc1=O)Nc1cccc(O)c1. The van der Waals surface area contributed by atoms with Crippen molar-refractivity contribution in [2.45, 2.75) is 6.54 Å². The monoisotopic (exact) mass is 339 g/mol. The predicted octanol–water partition coefficient (Wildman–Crippen LogP) is 2.39. The number of amides is 1. The van der Waals surface area contributed by atoms with E-state index in [1.807, 2.05) is 0 Å². The number of benzene rings is 2. The maximum absolute atomic E-state index is 12.9. The van der Waals surface area contributed by atoms with Crippen molar-refractivity contribution in [2.24, 2.45) is 0 Å². The number of carbonyl (C=O) groups excluding carboxylic acids is 1. The van der Waals surface area contributed by atoms with Crippen LogP contribution in [0.2, 0.25) is 0 Å². The topological polar surface area (TPSA) is 84.2 Å². The molecule has 2 N–H and O–H groups in total. The molecule has 0 saturated carbocycles. The van der Waals surface area contributed by atoms with Crippen LogP contribution in [0.15, 0.2) is 65.7 Å². The van der Waals surface area contributed by atoms with Crippen LogP contribution in [0.1, 0.15) is 0 Å². The number of hydrogen-bond acceptors (Lipinski definition) is 4. The third-order valence-electron chi connectivity index (χ3n) is 3.46. The molecule has 0 bridgehead atoms. The number of aromatic hydroxyl groups is 1. The third-order valence-corrected chi connectivity index (χ3v) is 3.46. The van der Waals surface area contributed by atoms with E-state index in [0.29, 0.717) is 16.9 Å². The first kappa shape index (κ1) is 16.4. The van der Waals surface area contributed by atoms with Crippen LogP contribution < -0.4 is 10.9 Å². The summed E-state index contributed by atoms with van der Waals surface area (Å²) in [7, 11) is 0. The molecule has 0 aliphatic carbocycles. The zero-order valence-electron chi connectivity index (χ0n) is 13.0. The van der Waals surface area contributed by atoms with Gasteiger partial charge in [0.05, 0.1) is 12.0 Å². The third kappa shape index (κ3) is 4.08. The molecule has 1 heterocycles. The summed E-state index contributed by atoms with van der Waals surface area (Å²) in [5.41, 5.74) is 1.03. The number of hydrogen-bond donors (Lipinski definition) is 2. The molecule has 1 aromatic heterocycles. The summed E-state index contributed by atoms with van der Waals surface area (Å²) in [5, 5.41) is 12.0. The van der Waals surface area contributed by atoms with Crippen LogP contribution in [0.5, 0.6) is 5.75 Å². The molecule has 25 heavy (non-hydrogen) atoms. The quantitative estimate of drug-likeness (QED) is 0.764. The summed E-state index contributed by atoms with van der Waals surface area (Å²) in [5.74, 6) is -0.773. The van der Waals surface area contributed by atoms with E-state index >= 15 is 0 Å². The Balaban J connectivity index is 1.74. The molecule has 0 unspecified atom stereocenters. The van der Waals surface area contributed by atoms with Gasteiger partial charge in [0.15, 0.2) is 0 Å². The Hall–Kier alpha value is -3.48. The summed E-state index contributed by atoms with van der Waals surface area (Å²) >= 11 is 0. The first-order valence-corrected chi connectivity index (χ1v) is 7.42. The van der Waals surface area contributed by atoms with E-state index in [4.69, 9.17) is 0 Å². The molecule has 6 nitrogen and oxygen atoms in total. The molecule has 126 valence electrons. The number of halogens is 1. The average molecular weight is 339 g/mol. The highest BCUT2D eigenvalue weighted by molar-refractivity contribution is 5.90. The molecular formula is C18H14FN3O3. The van der Waals surface area contributed by atoms with Gasteiger partial charge in [0.1, 0.15) is 18.1 Å².